The van der Waals surface area contributed by atoms with Gasteiger partial charge in [-0.25, -0.2) is 4.79 Å². The fourth-order valence-corrected chi connectivity index (χ4v) is 6.40. The van der Waals surface area contributed by atoms with E-state index in [1.54, 1.807) is 19.1 Å². The van der Waals surface area contributed by atoms with Crippen LogP contribution in [0.2, 0.25) is 0 Å². The molecule has 0 unspecified atom stereocenters. The van der Waals surface area contributed by atoms with Gasteiger partial charge in [-0.3, -0.25) is 14.4 Å². The van der Waals surface area contributed by atoms with Crippen LogP contribution in [0.3, 0.4) is 0 Å². The number of halogens is 1. The molecule has 9 nitrogen and oxygen atoms in total. The summed E-state index contributed by atoms with van der Waals surface area (Å²) in [6, 6.07) is 0. The number of carboxylic acid groups (broad SMARTS) is 1. The number of aliphatic carboxylic acids is 1. The van der Waals surface area contributed by atoms with Crippen molar-refractivity contribution in [1.82, 2.24) is 10.2 Å². The van der Waals surface area contributed by atoms with E-state index in [9.17, 15) is 19.2 Å². The zero-order valence-corrected chi connectivity index (χ0v) is 25.9. The number of nitrogens with one attached hydrogen (secondary N) is 1. The molecule has 2 N–H and O–H groups in total. The Morgan fingerprint density at radius 3 is 2.51 bits per heavy atom. The number of allylic oxidation sites excluding steroid dienone is 3. The number of piperazine rings is 1. The number of carbonyl (C=O) groups excluding carboxylic acids is 3. The van der Waals surface area contributed by atoms with Gasteiger partial charge in [0.1, 0.15) is 16.6 Å². The molecule has 0 aromatic heterocycles. The molecule has 198 valence electrons. The minimum atomic E-state index is -1.11. The summed E-state index contributed by atoms with van der Waals surface area (Å²) in [6.45, 7) is 7.36. The number of carboxylic acids is 1. The van der Waals surface area contributed by atoms with Crippen molar-refractivity contribution in [2.45, 2.75) is 64.1 Å². The predicted octanol–water partition coefficient (Wildman–Crippen LogP) is -3.86. The van der Waals surface area contributed by atoms with Gasteiger partial charge in [0.15, 0.2) is 0 Å². The Kier molecular flexibility index (Phi) is 10.8. The van der Waals surface area contributed by atoms with Crippen molar-refractivity contribution in [3.63, 3.8) is 0 Å². The van der Waals surface area contributed by atoms with Crippen molar-refractivity contribution in [3.8, 4) is 0 Å². The molecule has 11 heteroatoms. The smallest absolute Gasteiger partial charge is 1.00 e. The molecule has 2 aliphatic heterocycles. The van der Waals surface area contributed by atoms with Crippen LogP contribution >= 0.6 is 0 Å². The zero-order valence-electron chi connectivity index (χ0n) is 22.0. The van der Waals surface area contributed by atoms with E-state index in [0.29, 0.717) is 44.3 Å². The van der Waals surface area contributed by atoms with Gasteiger partial charge in [0.25, 0.3) is 0 Å². The van der Waals surface area contributed by atoms with Crippen molar-refractivity contribution in [3.05, 3.63) is 35.5 Å². The number of carbonyl (C=O) groups is 4. The van der Waals surface area contributed by atoms with Crippen LogP contribution in [0.25, 0.3) is 0 Å². The van der Waals surface area contributed by atoms with Crippen molar-refractivity contribution >= 4 is 23.8 Å². The van der Waals surface area contributed by atoms with Crippen LogP contribution in [-0.4, -0.2) is 71.2 Å². The van der Waals surface area contributed by atoms with Crippen LogP contribution in [0.5, 0.6) is 0 Å². The molecule has 1 saturated carbocycles. The van der Waals surface area contributed by atoms with E-state index in [0.717, 1.165) is 13.1 Å². The van der Waals surface area contributed by atoms with Gasteiger partial charge in [0.2, 0.25) is 5.91 Å². The van der Waals surface area contributed by atoms with E-state index in [1.165, 1.54) is 19.9 Å². The number of rotatable bonds is 5. The molecular formula is C26H34ClKN2O7. The van der Waals surface area contributed by atoms with Gasteiger partial charge >= 0.3 is 69.3 Å². The summed E-state index contributed by atoms with van der Waals surface area (Å²) >= 11 is 0. The fraction of sp³-hybridized carbons (Fsp3) is 0.615. The molecule has 2 aliphatic carbocycles. The molecule has 2 heterocycles. The number of cyclic esters (lactones) is 1. The van der Waals surface area contributed by atoms with Gasteiger partial charge in [-0.1, -0.05) is 18.2 Å². The van der Waals surface area contributed by atoms with E-state index < -0.39 is 34.5 Å². The van der Waals surface area contributed by atoms with Gasteiger partial charge in [-0.15, -0.1) is 0 Å². The van der Waals surface area contributed by atoms with E-state index in [2.05, 4.69) is 5.32 Å². The first-order chi connectivity index (χ1) is 16.5. The number of esters is 2. The third kappa shape index (κ3) is 5.80. The minimum Gasteiger partial charge on any atom is -1.00 e. The SMILES string of the molecule is CC(=O)O[C@]12CCC(C(=O)N3CCNCC3)=CC[C@]13CC[C@H]2[C@@](C)(/C=C/C=C(\C)C(=O)O)OC3=O.[Cl-].[K+]. The zero-order chi connectivity index (χ0) is 25.4. The molecule has 4 aliphatic rings. The average molecular weight is 561 g/mol. The second-order valence-corrected chi connectivity index (χ2v) is 10.2. The molecule has 4 atom stereocenters. The van der Waals surface area contributed by atoms with E-state index in [1.807, 2.05) is 11.0 Å². The third-order valence-corrected chi connectivity index (χ3v) is 8.21. The molecule has 1 amide bonds. The maximum absolute atomic E-state index is 13.7. The summed E-state index contributed by atoms with van der Waals surface area (Å²) in [4.78, 5) is 52.3. The Hall–Kier alpha value is -1.01. The summed E-state index contributed by atoms with van der Waals surface area (Å²) in [6.07, 6.45) is 8.71. The Morgan fingerprint density at radius 2 is 1.89 bits per heavy atom. The number of ether oxygens (including phenoxy) is 2. The summed E-state index contributed by atoms with van der Waals surface area (Å²) < 4.78 is 12.1. The maximum Gasteiger partial charge on any atom is 1.00 e. The minimum absolute atomic E-state index is 0. The topological polar surface area (TPSA) is 122 Å². The first kappa shape index (κ1) is 32.2. The van der Waals surface area contributed by atoms with Crippen LogP contribution < -0.4 is 69.1 Å². The molecule has 3 fully saturated rings. The Labute approximate surface area is 266 Å². The van der Waals surface area contributed by atoms with Crippen LogP contribution in [-0.2, 0) is 28.7 Å². The molecule has 2 bridgehead atoms. The molecule has 0 aromatic rings. The summed E-state index contributed by atoms with van der Waals surface area (Å²) in [5.74, 6) is -2.30. The van der Waals surface area contributed by atoms with Crippen LogP contribution in [0.1, 0.15) is 52.9 Å². The van der Waals surface area contributed by atoms with Crippen molar-refractivity contribution in [1.29, 1.82) is 0 Å². The Bertz CT molecular complexity index is 1040. The molecule has 0 spiro atoms. The number of hydrogen-bond donors (Lipinski definition) is 2. The Morgan fingerprint density at radius 1 is 1.22 bits per heavy atom. The van der Waals surface area contributed by atoms with Crippen molar-refractivity contribution in [2.75, 3.05) is 26.2 Å². The molecular weight excluding hydrogens is 527 g/mol. The van der Waals surface area contributed by atoms with Crippen LogP contribution in [0.15, 0.2) is 35.5 Å². The van der Waals surface area contributed by atoms with Crippen molar-refractivity contribution in [2.24, 2.45) is 11.3 Å². The van der Waals surface area contributed by atoms with Gasteiger partial charge in [0.05, 0.1) is 0 Å². The normalized spacial score (nSPS) is 33.2. The largest absolute Gasteiger partial charge is 1.00 e. The van der Waals surface area contributed by atoms with Gasteiger partial charge in [-0.05, 0) is 52.0 Å². The molecule has 0 radical (unpaired) electrons. The predicted molar refractivity (Wildman–Crippen MR) is 126 cm³/mol. The number of hydrogen-bond acceptors (Lipinski definition) is 7. The second kappa shape index (κ2) is 12.4. The summed E-state index contributed by atoms with van der Waals surface area (Å²) in [5, 5.41) is 12.4. The van der Waals surface area contributed by atoms with Crippen LogP contribution in [0, 0.1) is 11.3 Å². The van der Waals surface area contributed by atoms with Crippen LogP contribution in [0.4, 0.5) is 0 Å². The molecule has 2 saturated heterocycles. The van der Waals surface area contributed by atoms with Gasteiger partial charge in [-0.2, -0.15) is 0 Å². The van der Waals surface area contributed by atoms with Gasteiger partial charge in [0, 0.05) is 50.2 Å². The number of nitrogens with zero attached hydrogens (tertiary/aromatic N) is 1. The van der Waals surface area contributed by atoms with Gasteiger partial charge < -0.3 is 37.2 Å². The van der Waals surface area contributed by atoms with Crippen molar-refractivity contribution < 1.29 is 97.5 Å². The fourth-order valence-electron chi connectivity index (χ4n) is 6.40. The Balaban J connectivity index is 0.00000241. The molecule has 4 rings (SSSR count). The third-order valence-electron chi connectivity index (χ3n) is 8.21. The monoisotopic (exact) mass is 560 g/mol. The first-order valence-electron chi connectivity index (χ1n) is 12.3. The second-order valence-electron chi connectivity index (χ2n) is 10.2. The number of amides is 1. The van der Waals surface area contributed by atoms with E-state index in [-0.39, 0.29) is 87.6 Å². The standard InChI is InChI=1S/C26H34N2O7.ClH.K/c1-17(22(31)32)5-4-9-24(3)20-8-11-25(23(33)35-24)10-6-19(7-12-26(20,25)34-18(2)29)21(30)28-15-13-27-14-16-28;;/h4-6,9,20,27H,7-8,10-16H2,1-3H3,(H,31,32);1H;/q;;+1/p-1/b9-4+,17-5+;;/t20-,24+,25+,26-;;/m0../s1. The molecule has 37 heavy (non-hydrogen) atoms. The first-order valence-corrected chi connectivity index (χ1v) is 12.3. The van der Waals surface area contributed by atoms with E-state index in [4.69, 9.17) is 14.6 Å². The van der Waals surface area contributed by atoms with E-state index >= 15 is 0 Å². The maximum atomic E-state index is 13.7. The summed E-state index contributed by atoms with van der Waals surface area (Å²) in [5.41, 5.74) is -2.44. The molecule has 0 aromatic carbocycles. The average Bonchev–Trinajstić information content (AvgIpc) is 2.96. The summed E-state index contributed by atoms with van der Waals surface area (Å²) in [7, 11) is 0. The quantitative estimate of drug-likeness (QED) is 0.152.